The second-order valence-electron chi connectivity index (χ2n) is 7.60. The number of fused-ring (bicyclic) bond motifs is 1. The molecule has 4 aromatic rings. The quantitative estimate of drug-likeness (QED) is 0.427. The predicted molar refractivity (Wildman–Crippen MR) is 122 cm³/mol. The number of hydrogen-bond donors (Lipinski definition) is 1. The van der Waals surface area contributed by atoms with Crippen molar-refractivity contribution in [3.05, 3.63) is 82.2 Å². The van der Waals surface area contributed by atoms with Crippen LogP contribution in [0.1, 0.15) is 18.1 Å². The molecule has 0 amide bonds. The first-order chi connectivity index (χ1) is 15.7. The third-order valence-electron chi connectivity index (χ3n) is 4.97. The highest BCUT2D eigenvalue weighted by atomic mass is 32.2. The van der Waals surface area contributed by atoms with Crippen molar-refractivity contribution in [2.45, 2.75) is 31.7 Å². The van der Waals surface area contributed by atoms with E-state index in [1.807, 2.05) is 13.0 Å². The summed E-state index contributed by atoms with van der Waals surface area (Å²) in [6.45, 7) is 4.96. The van der Waals surface area contributed by atoms with Gasteiger partial charge in [-0.05, 0) is 62.2 Å². The number of carbonyl (C=O) groups excluding carboxylic acids is 1. The molecule has 0 aliphatic carbocycles. The van der Waals surface area contributed by atoms with Crippen molar-refractivity contribution in [1.82, 2.24) is 4.72 Å². The minimum absolute atomic E-state index is 0.00269. The van der Waals surface area contributed by atoms with Crippen LogP contribution in [0.25, 0.3) is 22.5 Å². The number of ether oxygens (including phenoxy) is 1. The zero-order valence-electron chi connectivity index (χ0n) is 18.1. The first kappa shape index (κ1) is 22.5. The Morgan fingerprint density at radius 2 is 1.79 bits per heavy atom. The van der Waals surface area contributed by atoms with Gasteiger partial charge in [0.15, 0.2) is 5.76 Å². The number of benzene rings is 2. The maximum absolute atomic E-state index is 13.3. The van der Waals surface area contributed by atoms with Crippen LogP contribution >= 0.6 is 0 Å². The SMILES string of the molecule is Cc1cc(C)c2oc(-c3ccco3)c(OC(=O)C(C)NS(=O)(=O)c3ccccc3)c(=O)c2c1. The molecule has 4 rings (SSSR count). The van der Waals surface area contributed by atoms with Gasteiger partial charge >= 0.3 is 5.97 Å². The lowest BCUT2D eigenvalue weighted by atomic mass is 10.1. The van der Waals surface area contributed by atoms with Crippen LogP contribution in [0.2, 0.25) is 0 Å². The van der Waals surface area contributed by atoms with Crippen LogP contribution in [0.5, 0.6) is 5.75 Å². The highest BCUT2D eigenvalue weighted by molar-refractivity contribution is 7.89. The fourth-order valence-corrected chi connectivity index (χ4v) is 4.65. The van der Waals surface area contributed by atoms with E-state index in [4.69, 9.17) is 13.6 Å². The van der Waals surface area contributed by atoms with E-state index in [0.29, 0.717) is 5.58 Å². The summed E-state index contributed by atoms with van der Waals surface area (Å²) in [4.78, 5) is 26.1. The Bertz CT molecular complexity index is 1490. The Hall–Kier alpha value is -3.69. The molecule has 2 heterocycles. The molecule has 1 unspecified atom stereocenters. The smallest absolute Gasteiger partial charge is 0.329 e. The summed E-state index contributed by atoms with van der Waals surface area (Å²) in [7, 11) is -3.98. The summed E-state index contributed by atoms with van der Waals surface area (Å²) in [6.07, 6.45) is 1.39. The Morgan fingerprint density at radius 1 is 1.06 bits per heavy atom. The van der Waals surface area contributed by atoms with Crippen LogP contribution in [0.4, 0.5) is 0 Å². The zero-order valence-corrected chi connectivity index (χ0v) is 18.9. The lowest BCUT2D eigenvalue weighted by Gasteiger charge is -2.15. The summed E-state index contributed by atoms with van der Waals surface area (Å²) in [6, 6.07) is 13.0. The van der Waals surface area contributed by atoms with Gasteiger partial charge in [0, 0.05) is 0 Å². The maximum Gasteiger partial charge on any atom is 0.329 e. The minimum atomic E-state index is -3.98. The third-order valence-corrected chi connectivity index (χ3v) is 6.52. The number of furan rings is 1. The average Bonchev–Trinajstić information content (AvgIpc) is 3.31. The summed E-state index contributed by atoms with van der Waals surface area (Å²) in [5, 5.41) is 0.239. The molecule has 1 N–H and O–H groups in total. The largest absolute Gasteiger partial charge is 0.461 e. The van der Waals surface area contributed by atoms with E-state index in [1.165, 1.54) is 25.3 Å². The van der Waals surface area contributed by atoms with Crippen molar-refractivity contribution in [1.29, 1.82) is 0 Å². The van der Waals surface area contributed by atoms with Crippen LogP contribution in [0.3, 0.4) is 0 Å². The monoisotopic (exact) mass is 467 g/mol. The van der Waals surface area contributed by atoms with E-state index >= 15 is 0 Å². The molecule has 0 aliphatic heterocycles. The minimum Gasteiger partial charge on any atom is -0.461 e. The normalized spacial score (nSPS) is 12.6. The molecule has 8 nitrogen and oxygen atoms in total. The van der Waals surface area contributed by atoms with Crippen LogP contribution in [0.15, 0.2) is 79.4 Å². The molecule has 0 fully saturated rings. The Labute approximate surface area is 189 Å². The van der Waals surface area contributed by atoms with E-state index in [0.717, 1.165) is 11.1 Å². The molecular formula is C24H21NO7S. The summed E-state index contributed by atoms with van der Waals surface area (Å²) < 4.78 is 44.1. The van der Waals surface area contributed by atoms with E-state index in [1.54, 1.807) is 43.3 Å². The van der Waals surface area contributed by atoms with Gasteiger partial charge in [-0.2, -0.15) is 4.72 Å². The van der Waals surface area contributed by atoms with Crippen LogP contribution in [-0.2, 0) is 14.8 Å². The van der Waals surface area contributed by atoms with Crippen LogP contribution < -0.4 is 14.9 Å². The predicted octanol–water partition coefficient (Wildman–Crippen LogP) is 3.94. The molecule has 2 aromatic heterocycles. The number of carbonyl (C=O) groups is 1. The topological polar surface area (TPSA) is 116 Å². The van der Waals surface area contributed by atoms with Gasteiger partial charge in [0.25, 0.3) is 0 Å². The number of esters is 1. The molecule has 0 bridgehead atoms. The van der Waals surface area contributed by atoms with Crippen molar-refractivity contribution in [3.63, 3.8) is 0 Å². The fourth-order valence-electron chi connectivity index (χ4n) is 3.43. The maximum atomic E-state index is 13.3. The van der Waals surface area contributed by atoms with Gasteiger partial charge < -0.3 is 13.6 Å². The molecule has 1 atom stereocenters. The molecule has 170 valence electrons. The molecule has 0 spiro atoms. The molecule has 9 heteroatoms. The van der Waals surface area contributed by atoms with Crippen molar-refractivity contribution in [3.8, 4) is 17.3 Å². The third kappa shape index (κ3) is 4.46. The fraction of sp³-hybridized carbons (Fsp3) is 0.167. The Balaban J connectivity index is 1.73. The van der Waals surface area contributed by atoms with Crippen molar-refractivity contribution in [2.75, 3.05) is 0 Å². The van der Waals surface area contributed by atoms with Crippen molar-refractivity contribution in [2.24, 2.45) is 0 Å². The molecular weight excluding hydrogens is 446 g/mol. The molecule has 0 aliphatic rings. The first-order valence-electron chi connectivity index (χ1n) is 10.1. The molecule has 0 saturated carbocycles. The Kier molecular flexibility index (Phi) is 5.92. The van der Waals surface area contributed by atoms with Gasteiger partial charge in [-0.3, -0.25) is 4.79 Å². The van der Waals surface area contributed by atoms with E-state index < -0.39 is 27.5 Å². The van der Waals surface area contributed by atoms with Crippen LogP contribution in [-0.4, -0.2) is 20.4 Å². The van der Waals surface area contributed by atoms with Gasteiger partial charge in [0.1, 0.15) is 11.6 Å². The highest BCUT2D eigenvalue weighted by Crippen LogP contribution is 2.33. The lowest BCUT2D eigenvalue weighted by molar-refractivity contribution is -0.135. The molecule has 0 saturated heterocycles. The number of aryl methyl sites for hydroxylation is 2. The highest BCUT2D eigenvalue weighted by Gasteiger charge is 2.28. The number of sulfonamides is 1. The second kappa shape index (κ2) is 8.68. The lowest BCUT2D eigenvalue weighted by Crippen LogP contribution is -2.41. The number of hydrogen-bond acceptors (Lipinski definition) is 7. The standard InChI is InChI=1S/C24H21NO7S/c1-14-12-15(2)21-18(13-14)20(26)23(22(31-21)19-10-7-11-30-19)32-24(27)16(3)25-33(28,29)17-8-5-4-6-9-17/h4-13,16,25H,1-3H3. The Morgan fingerprint density at radius 3 is 2.45 bits per heavy atom. The first-order valence-corrected chi connectivity index (χ1v) is 11.6. The molecule has 33 heavy (non-hydrogen) atoms. The van der Waals surface area contributed by atoms with Gasteiger partial charge in [-0.25, -0.2) is 13.2 Å². The molecule has 0 radical (unpaired) electrons. The number of rotatable bonds is 6. The summed E-state index contributed by atoms with van der Waals surface area (Å²) >= 11 is 0. The summed E-state index contributed by atoms with van der Waals surface area (Å²) in [5.74, 6) is -1.22. The van der Waals surface area contributed by atoms with Crippen molar-refractivity contribution < 1.29 is 26.8 Å². The van der Waals surface area contributed by atoms with Gasteiger partial charge in [0.2, 0.25) is 27.0 Å². The van der Waals surface area contributed by atoms with Gasteiger partial charge in [0.05, 0.1) is 16.5 Å². The zero-order chi connectivity index (χ0) is 23.8. The second-order valence-corrected chi connectivity index (χ2v) is 9.32. The van der Waals surface area contributed by atoms with Gasteiger partial charge in [-0.15, -0.1) is 0 Å². The number of nitrogens with one attached hydrogen (secondary N) is 1. The average molecular weight is 467 g/mol. The molecule has 2 aromatic carbocycles. The van der Waals surface area contributed by atoms with Crippen LogP contribution in [0, 0.1) is 13.8 Å². The van der Waals surface area contributed by atoms with E-state index in [-0.39, 0.29) is 27.6 Å². The summed E-state index contributed by atoms with van der Waals surface area (Å²) in [5.41, 5.74) is 1.34. The van der Waals surface area contributed by atoms with E-state index in [9.17, 15) is 18.0 Å². The van der Waals surface area contributed by atoms with Gasteiger partial charge in [-0.1, -0.05) is 24.3 Å². The van der Waals surface area contributed by atoms with E-state index in [2.05, 4.69) is 4.72 Å². The van der Waals surface area contributed by atoms with Crippen molar-refractivity contribution >= 4 is 27.0 Å².